The van der Waals surface area contributed by atoms with Crippen LogP contribution in [-0.4, -0.2) is 21.9 Å². The summed E-state index contributed by atoms with van der Waals surface area (Å²) in [4.78, 5) is 12.1. The van der Waals surface area contributed by atoms with Crippen LogP contribution < -0.4 is 11.1 Å². The summed E-state index contributed by atoms with van der Waals surface area (Å²) >= 11 is 2.63. The van der Waals surface area contributed by atoms with Gasteiger partial charge >= 0.3 is 0 Å². The van der Waals surface area contributed by atoms with Gasteiger partial charge in [-0.3, -0.25) is 4.79 Å². The van der Waals surface area contributed by atoms with Gasteiger partial charge in [0.05, 0.1) is 5.75 Å². The van der Waals surface area contributed by atoms with Crippen molar-refractivity contribution in [3.05, 3.63) is 29.3 Å². The number of aromatic nitrogens is 2. The van der Waals surface area contributed by atoms with Crippen LogP contribution in [0.2, 0.25) is 0 Å². The second-order valence-electron chi connectivity index (χ2n) is 4.94. The molecule has 1 heterocycles. The summed E-state index contributed by atoms with van der Waals surface area (Å²) in [6.07, 6.45) is 0. The third-order valence-electron chi connectivity index (χ3n) is 2.94. The minimum absolute atomic E-state index is 0.0510. The molecule has 0 aliphatic rings. The highest BCUT2D eigenvalue weighted by Gasteiger charge is 2.13. The summed E-state index contributed by atoms with van der Waals surface area (Å²) in [5, 5.41) is 11.0. The van der Waals surface area contributed by atoms with Crippen LogP contribution in [0.4, 0.5) is 10.8 Å². The van der Waals surface area contributed by atoms with Crippen molar-refractivity contribution in [3.63, 3.8) is 0 Å². The number of nitrogens with zero attached hydrogens (tertiary/aromatic N) is 2. The molecule has 0 atom stereocenters. The molecule has 1 aromatic heterocycles. The Hall–Kier alpha value is -1.60. The number of anilines is 2. The Bertz CT molecular complexity index is 640. The molecule has 7 heteroatoms. The molecule has 0 saturated heterocycles. The van der Waals surface area contributed by atoms with Crippen molar-refractivity contribution in [3.8, 4) is 0 Å². The highest BCUT2D eigenvalue weighted by molar-refractivity contribution is 8.01. The lowest BCUT2D eigenvalue weighted by Crippen LogP contribution is -2.16. The molecule has 21 heavy (non-hydrogen) atoms. The molecule has 112 valence electrons. The number of carbonyl (C=O) groups excluding carboxylic acids is 1. The van der Waals surface area contributed by atoms with Gasteiger partial charge in [-0.2, -0.15) is 0 Å². The summed E-state index contributed by atoms with van der Waals surface area (Å²) in [6, 6.07) is 6.06. The monoisotopic (exact) mass is 322 g/mol. The maximum Gasteiger partial charge on any atom is 0.234 e. The number of carbonyl (C=O) groups is 1. The van der Waals surface area contributed by atoms with Gasteiger partial charge in [-0.15, -0.1) is 10.2 Å². The largest absolute Gasteiger partial charge is 0.374 e. The van der Waals surface area contributed by atoms with E-state index in [0.29, 0.717) is 21.1 Å². The van der Waals surface area contributed by atoms with E-state index in [-0.39, 0.29) is 5.91 Å². The average molecular weight is 322 g/mol. The predicted molar refractivity (Wildman–Crippen MR) is 88.9 cm³/mol. The van der Waals surface area contributed by atoms with E-state index in [2.05, 4.69) is 29.4 Å². The van der Waals surface area contributed by atoms with Crippen LogP contribution >= 0.6 is 23.1 Å². The van der Waals surface area contributed by atoms with Crippen molar-refractivity contribution in [2.45, 2.75) is 31.0 Å². The maximum atomic E-state index is 12.1. The second-order valence-corrected chi connectivity index (χ2v) is 7.17. The molecule has 0 aliphatic carbocycles. The summed E-state index contributed by atoms with van der Waals surface area (Å²) in [5.74, 6) is 0.598. The average Bonchev–Trinajstić information content (AvgIpc) is 2.84. The zero-order valence-electron chi connectivity index (χ0n) is 12.2. The van der Waals surface area contributed by atoms with Crippen LogP contribution in [0, 0.1) is 6.92 Å². The Morgan fingerprint density at radius 3 is 2.81 bits per heavy atom. The summed E-state index contributed by atoms with van der Waals surface area (Å²) in [6.45, 7) is 6.23. The Morgan fingerprint density at radius 2 is 2.19 bits per heavy atom. The lowest BCUT2D eigenvalue weighted by molar-refractivity contribution is -0.113. The van der Waals surface area contributed by atoms with Gasteiger partial charge in [-0.1, -0.05) is 55.1 Å². The van der Waals surface area contributed by atoms with Crippen LogP contribution in [0.3, 0.4) is 0 Å². The molecule has 0 aliphatic heterocycles. The molecular weight excluding hydrogens is 304 g/mol. The number of amides is 1. The molecule has 0 bridgehead atoms. The molecule has 0 radical (unpaired) electrons. The zero-order chi connectivity index (χ0) is 15.4. The Balaban J connectivity index is 2.02. The summed E-state index contributed by atoms with van der Waals surface area (Å²) in [5.41, 5.74) is 8.64. The van der Waals surface area contributed by atoms with E-state index in [1.165, 1.54) is 23.1 Å². The molecule has 0 fully saturated rings. The van der Waals surface area contributed by atoms with Gasteiger partial charge in [0.15, 0.2) is 4.34 Å². The minimum Gasteiger partial charge on any atom is -0.374 e. The van der Waals surface area contributed by atoms with Crippen molar-refractivity contribution in [2.75, 3.05) is 16.8 Å². The molecule has 2 aromatic rings. The number of nitrogens with one attached hydrogen (secondary N) is 1. The normalized spacial score (nSPS) is 10.9. The fraction of sp³-hybridized carbons (Fsp3) is 0.357. The quantitative estimate of drug-likeness (QED) is 0.826. The number of aryl methyl sites for hydroxylation is 1. The van der Waals surface area contributed by atoms with Crippen LogP contribution in [0.5, 0.6) is 0 Å². The lowest BCUT2D eigenvalue weighted by atomic mass is 9.98. The molecule has 2 rings (SSSR count). The molecule has 3 N–H and O–H groups in total. The van der Waals surface area contributed by atoms with Crippen LogP contribution in [0.1, 0.15) is 30.9 Å². The standard InChI is InChI=1S/C14H18N4OS2/c1-8(2)10-6-4-5-9(3)12(10)16-11(19)7-20-14-18-17-13(15)21-14/h4-6,8H,7H2,1-3H3,(H2,15,17)(H,16,19). The smallest absolute Gasteiger partial charge is 0.234 e. The SMILES string of the molecule is Cc1cccc(C(C)C)c1NC(=O)CSc1nnc(N)s1. The van der Waals surface area contributed by atoms with E-state index in [4.69, 9.17) is 5.73 Å². The first-order valence-electron chi connectivity index (χ1n) is 6.58. The molecule has 0 spiro atoms. The van der Waals surface area contributed by atoms with Gasteiger partial charge in [0.1, 0.15) is 0 Å². The van der Waals surface area contributed by atoms with Gasteiger partial charge < -0.3 is 11.1 Å². The predicted octanol–water partition coefficient (Wildman–Crippen LogP) is 3.28. The van der Waals surface area contributed by atoms with Crippen molar-refractivity contribution >= 4 is 39.8 Å². The van der Waals surface area contributed by atoms with Gasteiger partial charge in [0.2, 0.25) is 11.0 Å². The van der Waals surface area contributed by atoms with E-state index in [1.807, 2.05) is 25.1 Å². The van der Waals surface area contributed by atoms with E-state index in [9.17, 15) is 4.79 Å². The van der Waals surface area contributed by atoms with Crippen LogP contribution in [-0.2, 0) is 4.79 Å². The van der Waals surface area contributed by atoms with Crippen molar-refractivity contribution < 1.29 is 4.79 Å². The third-order valence-corrected chi connectivity index (χ3v) is 4.83. The Morgan fingerprint density at radius 1 is 1.43 bits per heavy atom. The van der Waals surface area contributed by atoms with E-state index >= 15 is 0 Å². The number of benzene rings is 1. The molecule has 0 unspecified atom stereocenters. The minimum atomic E-state index is -0.0510. The highest BCUT2D eigenvalue weighted by atomic mass is 32.2. The zero-order valence-corrected chi connectivity index (χ0v) is 13.8. The first-order chi connectivity index (χ1) is 9.97. The number of nitrogen functional groups attached to an aromatic ring is 1. The van der Waals surface area contributed by atoms with E-state index < -0.39 is 0 Å². The fourth-order valence-electron chi connectivity index (χ4n) is 1.92. The van der Waals surface area contributed by atoms with E-state index in [1.54, 1.807) is 0 Å². The van der Waals surface area contributed by atoms with Gasteiger partial charge in [0.25, 0.3) is 0 Å². The number of thioether (sulfide) groups is 1. The maximum absolute atomic E-state index is 12.1. The number of hydrogen-bond acceptors (Lipinski definition) is 6. The van der Waals surface area contributed by atoms with Crippen molar-refractivity contribution in [1.29, 1.82) is 0 Å². The second kappa shape index (κ2) is 6.91. The third kappa shape index (κ3) is 4.18. The Labute approximate surface area is 132 Å². The Kier molecular flexibility index (Phi) is 5.19. The number of rotatable bonds is 5. The van der Waals surface area contributed by atoms with E-state index in [0.717, 1.165) is 16.8 Å². The lowest BCUT2D eigenvalue weighted by Gasteiger charge is -2.16. The topological polar surface area (TPSA) is 80.9 Å². The van der Waals surface area contributed by atoms with Gasteiger partial charge in [-0.25, -0.2) is 0 Å². The fourth-order valence-corrected chi connectivity index (χ4v) is 3.36. The van der Waals surface area contributed by atoms with Gasteiger partial charge in [-0.05, 0) is 24.0 Å². The van der Waals surface area contributed by atoms with Crippen LogP contribution in [0.25, 0.3) is 0 Å². The number of hydrogen-bond donors (Lipinski definition) is 2. The molecule has 1 aromatic carbocycles. The van der Waals surface area contributed by atoms with Crippen LogP contribution in [0.15, 0.2) is 22.5 Å². The van der Waals surface area contributed by atoms with Crippen molar-refractivity contribution in [1.82, 2.24) is 10.2 Å². The highest BCUT2D eigenvalue weighted by Crippen LogP contribution is 2.28. The summed E-state index contributed by atoms with van der Waals surface area (Å²) in [7, 11) is 0. The van der Waals surface area contributed by atoms with Gasteiger partial charge in [0, 0.05) is 5.69 Å². The first-order valence-corrected chi connectivity index (χ1v) is 8.38. The molecule has 0 saturated carbocycles. The first kappa shape index (κ1) is 15.8. The molecule has 5 nitrogen and oxygen atoms in total. The van der Waals surface area contributed by atoms with Crippen molar-refractivity contribution in [2.24, 2.45) is 0 Å². The molecular formula is C14H18N4OS2. The number of nitrogens with two attached hydrogens (primary N) is 1. The number of para-hydroxylation sites is 1. The summed E-state index contributed by atoms with van der Waals surface area (Å²) < 4.78 is 0.705. The molecule has 1 amide bonds.